The summed E-state index contributed by atoms with van der Waals surface area (Å²) >= 11 is 0. The lowest BCUT2D eigenvalue weighted by atomic mass is 9.92. The molecule has 2 N–H and O–H groups in total. The lowest BCUT2D eigenvalue weighted by Gasteiger charge is -2.17. The van der Waals surface area contributed by atoms with Crippen LogP contribution in [0.1, 0.15) is 41.3 Å². The van der Waals surface area contributed by atoms with Crippen molar-refractivity contribution in [3.63, 3.8) is 0 Å². The van der Waals surface area contributed by atoms with Crippen molar-refractivity contribution < 1.29 is 19.1 Å². The summed E-state index contributed by atoms with van der Waals surface area (Å²) in [7, 11) is 0. The molecule has 0 bridgehead atoms. The number of hydrogen-bond donors (Lipinski definition) is 2. The van der Waals surface area contributed by atoms with Gasteiger partial charge in [-0.1, -0.05) is 6.07 Å². The molecule has 1 aliphatic rings. The lowest BCUT2D eigenvalue weighted by molar-refractivity contribution is 0.0526. The van der Waals surface area contributed by atoms with Gasteiger partial charge >= 0.3 is 12.0 Å². The summed E-state index contributed by atoms with van der Waals surface area (Å²) in [6, 6.07) is 12.5. The van der Waals surface area contributed by atoms with E-state index in [-0.39, 0.29) is 12.0 Å². The van der Waals surface area contributed by atoms with E-state index < -0.39 is 0 Å². The minimum Gasteiger partial charge on any atom is -0.492 e. The first-order valence-electron chi connectivity index (χ1n) is 9.72. The van der Waals surface area contributed by atoms with E-state index in [0.29, 0.717) is 31.0 Å². The van der Waals surface area contributed by atoms with Crippen LogP contribution in [0.15, 0.2) is 42.5 Å². The number of aryl methyl sites for hydroxylation is 2. The van der Waals surface area contributed by atoms with Crippen LogP contribution < -0.4 is 15.4 Å². The van der Waals surface area contributed by atoms with E-state index in [1.807, 2.05) is 6.07 Å². The van der Waals surface area contributed by atoms with Crippen LogP contribution in [0.3, 0.4) is 0 Å². The van der Waals surface area contributed by atoms with Crippen LogP contribution in [0.5, 0.6) is 5.75 Å². The second-order valence-electron chi connectivity index (χ2n) is 6.66. The molecule has 6 nitrogen and oxygen atoms in total. The Labute approximate surface area is 165 Å². The van der Waals surface area contributed by atoms with Crippen LogP contribution in [-0.4, -0.2) is 31.8 Å². The number of carbonyl (C=O) groups is 2. The highest BCUT2D eigenvalue weighted by atomic mass is 16.5. The topological polar surface area (TPSA) is 76.7 Å². The largest absolute Gasteiger partial charge is 0.492 e. The van der Waals surface area contributed by atoms with Crippen molar-refractivity contribution in [3.05, 3.63) is 59.2 Å². The quantitative estimate of drug-likeness (QED) is 0.562. The van der Waals surface area contributed by atoms with Crippen molar-refractivity contribution in [2.75, 3.05) is 25.1 Å². The van der Waals surface area contributed by atoms with Crippen LogP contribution in [0, 0.1) is 0 Å². The Morgan fingerprint density at radius 1 is 1.00 bits per heavy atom. The zero-order valence-electron chi connectivity index (χ0n) is 16.1. The molecule has 0 aliphatic heterocycles. The van der Waals surface area contributed by atoms with Gasteiger partial charge in [0, 0.05) is 5.69 Å². The molecule has 2 aromatic rings. The summed E-state index contributed by atoms with van der Waals surface area (Å²) in [5, 5.41) is 5.48. The minimum absolute atomic E-state index is 0.321. The van der Waals surface area contributed by atoms with Gasteiger partial charge in [0.25, 0.3) is 0 Å². The lowest BCUT2D eigenvalue weighted by Crippen LogP contribution is -2.32. The van der Waals surface area contributed by atoms with Gasteiger partial charge < -0.3 is 20.1 Å². The first-order valence-corrected chi connectivity index (χ1v) is 9.72. The van der Waals surface area contributed by atoms with Crippen molar-refractivity contribution in [2.45, 2.75) is 32.6 Å². The second-order valence-corrected chi connectivity index (χ2v) is 6.66. The molecule has 2 amide bonds. The van der Waals surface area contributed by atoms with E-state index in [0.717, 1.165) is 18.6 Å². The molecule has 6 heteroatoms. The summed E-state index contributed by atoms with van der Waals surface area (Å²) in [6.07, 6.45) is 4.76. The Kier molecular flexibility index (Phi) is 6.89. The van der Waals surface area contributed by atoms with Crippen molar-refractivity contribution >= 4 is 17.7 Å². The molecule has 0 saturated carbocycles. The van der Waals surface area contributed by atoms with Crippen molar-refractivity contribution in [3.8, 4) is 5.75 Å². The molecule has 0 unspecified atom stereocenters. The van der Waals surface area contributed by atoms with Gasteiger partial charge in [0.05, 0.1) is 18.7 Å². The fourth-order valence-electron chi connectivity index (χ4n) is 3.21. The van der Waals surface area contributed by atoms with E-state index in [4.69, 9.17) is 9.47 Å². The predicted molar refractivity (Wildman–Crippen MR) is 108 cm³/mol. The third-order valence-corrected chi connectivity index (χ3v) is 4.63. The average Bonchev–Trinajstić information content (AvgIpc) is 2.72. The zero-order valence-corrected chi connectivity index (χ0v) is 16.1. The Bertz CT molecular complexity index is 818. The molecule has 0 fully saturated rings. The first kappa shape index (κ1) is 19.7. The summed E-state index contributed by atoms with van der Waals surface area (Å²) in [4.78, 5) is 23.6. The molecular weight excluding hydrogens is 356 g/mol. The normalized spacial score (nSPS) is 12.6. The number of ether oxygens (including phenoxy) is 2. The summed E-state index contributed by atoms with van der Waals surface area (Å²) in [6.45, 7) is 2.88. The van der Waals surface area contributed by atoms with Crippen molar-refractivity contribution in [2.24, 2.45) is 0 Å². The van der Waals surface area contributed by atoms with Gasteiger partial charge in [-0.05, 0) is 80.1 Å². The van der Waals surface area contributed by atoms with Crippen LogP contribution >= 0.6 is 0 Å². The van der Waals surface area contributed by atoms with Gasteiger partial charge in [-0.2, -0.15) is 0 Å². The molecule has 1 aliphatic carbocycles. The SMILES string of the molecule is CCOC(=O)c1ccc(NC(=O)NCCOc2ccc3c(c2)CCCC3)cc1. The van der Waals surface area contributed by atoms with Gasteiger partial charge in [0.2, 0.25) is 0 Å². The van der Waals surface area contributed by atoms with E-state index >= 15 is 0 Å². The number of carbonyl (C=O) groups excluding carboxylic acids is 2. The minimum atomic E-state index is -0.377. The number of urea groups is 1. The molecular formula is C22H26N2O4. The monoisotopic (exact) mass is 382 g/mol. The van der Waals surface area contributed by atoms with E-state index in [1.165, 1.54) is 24.0 Å². The number of fused-ring (bicyclic) bond motifs is 1. The number of hydrogen-bond acceptors (Lipinski definition) is 4. The maximum absolute atomic E-state index is 12.0. The van der Waals surface area contributed by atoms with E-state index in [9.17, 15) is 9.59 Å². The maximum atomic E-state index is 12.0. The van der Waals surface area contributed by atoms with Gasteiger partial charge in [-0.15, -0.1) is 0 Å². The smallest absolute Gasteiger partial charge is 0.338 e. The van der Waals surface area contributed by atoms with Crippen molar-refractivity contribution in [1.82, 2.24) is 5.32 Å². The Morgan fingerprint density at radius 3 is 2.50 bits per heavy atom. The molecule has 0 spiro atoms. The molecule has 148 valence electrons. The Hall–Kier alpha value is -3.02. The summed E-state index contributed by atoms with van der Waals surface area (Å²) < 4.78 is 10.7. The van der Waals surface area contributed by atoms with Gasteiger partial charge in [0.15, 0.2) is 0 Å². The number of rotatable bonds is 7. The predicted octanol–water partition coefficient (Wildman–Crippen LogP) is 3.94. The van der Waals surface area contributed by atoms with Crippen LogP contribution in [-0.2, 0) is 17.6 Å². The Morgan fingerprint density at radius 2 is 1.75 bits per heavy atom. The molecule has 0 saturated heterocycles. The zero-order chi connectivity index (χ0) is 19.8. The van der Waals surface area contributed by atoms with Crippen LogP contribution in [0.4, 0.5) is 10.5 Å². The first-order chi connectivity index (χ1) is 13.7. The highest BCUT2D eigenvalue weighted by Crippen LogP contribution is 2.25. The van der Waals surface area contributed by atoms with Gasteiger partial charge in [0.1, 0.15) is 12.4 Å². The fraction of sp³-hybridized carbons (Fsp3) is 0.364. The molecule has 0 atom stereocenters. The highest BCUT2D eigenvalue weighted by Gasteiger charge is 2.10. The average molecular weight is 382 g/mol. The number of esters is 1. The van der Waals surface area contributed by atoms with Crippen LogP contribution in [0.2, 0.25) is 0 Å². The van der Waals surface area contributed by atoms with Crippen LogP contribution in [0.25, 0.3) is 0 Å². The summed E-state index contributed by atoms with van der Waals surface area (Å²) in [5.41, 5.74) is 3.85. The third kappa shape index (κ3) is 5.49. The van der Waals surface area contributed by atoms with Gasteiger partial charge in [-0.25, -0.2) is 9.59 Å². The summed E-state index contributed by atoms with van der Waals surface area (Å²) in [5.74, 6) is 0.468. The maximum Gasteiger partial charge on any atom is 0.338 e. The van der Waals surface area contributed by atoms with Gasteiger partial charge in [-0.3, -0.25) is 0 Å². The molecule has 0 heterocycles. The number of anilines is 1. The molecule has 0 radical (unpaired) electrons. The third-order valence-electron chi connectivity index (χ3n) is 4.63. The van der Waals surface area contributed by atoms with E-state index in [2.05, 4.69) is 22.8 Å². The Balaban J connectivity index is 1.39. The molecule has 3 rings (SSSR count). The number of amides is 2. The fourth-order valence-corrected chi connectivity index (χ4v) is 3.21. The second kappa shape index (κ2) is 9.78. The van der Waals surface area contributed by atoms with E-state index in [1.54, 1.807) is 31.2 Å². The van der Waals surface area contributed by atoms with Crippen molar-refractivity contribution in [1.29, 1.82) is 0 Å². The molecule has 28 heavy (non-hydrogen) atoms. The molecule has 0 aromatic heterocycles. The molecule has 2 aromatic carbocycles. The number of benzene rings is 2. The highest BCUT2D eigenvalue weighted by molar-refractivity contribution is 5.92. The standard InChI is InChI=1S/C22H26N2O4/c1-2-27-21(25)17-7-10-19(11-8-17)24-22(26)23-13-14-28-20-12-9-16-5-3-4-6-18(16)15-20/h7-12,15H,2-6,13-14H2,1H3,(H2,23,24,26). The number of nitrogens with one attached hydrogen (secondary N) is 2.